The molecular weight excluding hydrogens is 518 g/mol. The quantitative estimate of drug-likeness (QED) is 0.116. The zero-order chi connectivity index (χ0) is 28.5. The van der Waals surface area contributed by atoms with Crippen molar-refractivity contribution in [1.29, 1.82) is 0 Å². The van der Waals surface area contributed by atoms with Crippen LogP contribution in [0.3, 0.4) is 0 Å². The van der Waals surface area contributed by atoms with E-state index in [4.69, 9.17) is 13.9 Å². The Balaban J connectivity index is 1.36. The molecule has 0 saturated heterocycles. The predicted molar refractivity (Wildman–Crippen MR) is 144 cm³/mol. The minimum Gasteiger partial charge on any atom is -0.489 e. The van der Waals surface area contributed by atoms with Gasteiger partial charge < -0.3 is 18.6 Å². The minimum absolute atomic E-state index is 0.0252. The fraction of sp³-hybridized carbons (Fsp3) is 0.138. The molecule has 204 valence electrons. The molecule has 1 heterocycles. The molecular formula is C29H25N3O8. The summed E-state index contributed by atoms with van der Waals surface area (Å²) in [4.78, 5) is 34.7. The fourth-order valence-corrected chi connectivity index (χ4v) is 3.60. The second-order valence-corrected chi connectivity index (χ2v) is 8.42. The number of nitrogens with one attached hydrogen (secondary N) is 1. The predicted octanol–water partition coefficient (Wildman–Crippen LogP) is 5.29. The molecule has 0 unspecified atom stereocenters. The number of nitro benzene ring substituents is 1. The number of rotatable bonds is 11. The Hall–Kier alpha value is -5.45. The van der Waals surface area contributed by atoms with Gasteiger partial charge in [-0.05, 0) is 61.0 Å². The van der Waals surface area contributed by atoms with Crippen LogP contribution in [0.2, 0.25) is 0 Å². The molecule has 0 aliphatic heterocycles. The number of hydrogen-bond acceptors (Lipinski definition) is 9. The van der Waals surface area contributed by atoms with E-state index in [1.165, 1.54) is 37.4 Å². The molecule has 1 N–H and O–H groups in total. The molecule has 40 heavy (non-hydrogen) atoms. The van der Waals surface area contributed by atoms with Crippen molar-refractivity contribution in [3.63, 3.8) is 0 Å². The highest BCUT2D eigenvalue weighted by Crippen LogP contribution is 2.22. The molecule has 0 bridgehead atoms. The highest BCUT2D eigenvalue weighted by Gasteiger charge is 2.13. The van der Waals surface area contributed by atoms with E-state index in [0.29, 0.717) is 34.1 Å². The maximum absolute atomic E-state index is 12.8. The molecule has 0 spiro atoms. The van der Waals surface area contributed by atoms with Crippen molar-refractivity contribution in [1.82, 2.24) is 5.43 Å². The van der Waals surface area contributed by atoms with Crippen molar-refractivity contribution in [3.05, 3.63) is 123 Å². The summed E-state index contributed by atoms with van der Waals surface area (Å²) < 4.78 is 21.6. The summed E-state index contributed by atoms with van der Waals surface area (Å²) >= 11 is 0. The third kappa shape index (κ3) is 7.10. The van der Waals surface area contributed by atoms with Gasteiger partial charge in [-0.3, -0.25) is 14.9 Å². The van der Waals surface area contributed by atoms with Gasteiger partial charge in [0.2, 0.25) is 5.76 Å². The van der Waals surface area contributed by atoms with Crippen LogP contribution in [0, 0.1) is 10.1 Å². The highest BCUT2D eigenvalue weighted by molar-refractivity contribution is 6.02. The molecule has 0 atom stereocenters. The largest absolute Gasteiger partial charge is 0.489 e. The molecule has 0 saturated carbocycles. The van der Waals surface area contributed by atoms with E-state index in [2.05, 4.69) is 15.3 Å². The monoisotopic (exact) mass is 543 g/mol. The molecule has 11 heteroatoms. The number of esters is 1. The van der Waals surface area contributed by atoms with Crippen LogP contribution in [0.4, 0.5) is 5.69 Å². The molecule has 1 aromatic heterocycles. The van der Waals surface area contributed by atoms with Gasteiger partial charge in [-0.1, -0.05) is 24.3 Å². The van der Waals surface area contributed by atoms with Crippen molar-refractivity contribution < 1.29 is 33.1 Å². The van der Waals surface area contributed by atoms with E-state index in [1.54, 1.807) is 55.5 Å². The minimum atomic E-state index is -0.576. The molecule has 4 aromatic rings. The molecule has 1 amide bonds. The van der Waals surface area contributed by atoms with Crippen LogP contribution in [-0.2, 0) is 18.0 Å². The van der Waals surface area contributed by atoms with E-state index in [-0.39, 0.29) is 24.7 Å². The summed E-state index contributed by atoms with van der Waals surface area (Å²) in [5, 5.41) is 15.0. The van der Waals surface area contributed by atoms with Gasteiger partial charge in [0.1, 0.15) is 30.5 Å². The van der Waals surface area contributed by atoms with Crippen LogP contribution in [0.1, 0.15) is 44.7 Å². The van der Waals surface area contributed by atoms with Gasteiger partial charge in [-0.25, -0.2) is 10.2 Å². The van der Waals surface area contributed by atoms with Crippen molar-refractivity contribution in [2.45, 2.75) is 20.1 Å². The Morgan fingerprint density at radius 2 is 1.73 bits per heavy atom. The maximum atomic E-state index is 12.8. The summed E-state index contributed by atoms with van der Waals surface area (Å²) in [6.45, 7) is 1.98. The zero-order valence-corrected chi connectivity index (χ0v) is 21.7. The van der Waals surface area contributed by atoms with Crippen molar-refractivity contribution >= 4 is 23.3 Å². The van der Waals surface area contributed by atoms with Gasteiger partial charge >= 0.3 is 5.97 Å². The first-order valence-electron chi connectivity index (χ1n) is 12.0. The molecule has 0 fully saturated rings. The number of carbonyl (C=O) groups excluding carboxylic acids is 2. The van der Waals surface area contributed by atoms with Crippen LogP contribution < -0.4 is 14.9 Å². The summed E-state index contributed by atoms with van der Waals surface area (Å²) in [6.07, 6.45) is 0. The SMILES string of the molecule is COC(=O)c1ccc(COc2ccccc2/C(C)=N/NC(=O)c2cccc(COc3ccc([N+](=O)[O-])cc3)c2)o1. The standard InChI is InChI=1S/C29H25N3O8/c1-19(25-8-3-4-9-26(25)39-18-24-14-15-27(40-24)29(34)37-2)30-31-28(33)21-7-5-6-20(16-21)17-38-23-12-10-22(11-13-23)32(35)36/h3-16H,17-18H2,1-2H3,(H,31,33)/b30-19+. The van der Waals surface area contributed by atoms with Crippen molar-refractivity contribution in [2.24, 2.45) is 5.10 Å². The number of methoxy groups -OCH3 is 1. The van der Waals surface area contributed by atoms with Crippen LogP contribution >= 0.6 is 0 Å². The molecule has 3 aromatic carbocycles. The van der Waals surface area contributed by atoms with Crippen molar-refractivity contribution in [2.75, 3.05) is 7.11 Å². The number of ether oxygens (including phenoxy) is 3. The van der Waals surface area contributed by atoms with Crippen LogP contribution in [-0.4, -0.2) is 29.6 Å². The number of carbonyl (C=O) groups is 2. The number of amides is 1. The summed E-state index contributed by atoms with van der Waals surface area (Å²) in [5.41, 5.74) is 4.82. The van der Waals surface area contributed by atoms with Crippen LogP contribution in [0.5, 0.6) is 11.5 Å². The molecule has 11 nitrogen and oxygen atoms in total. The maximum Gasteiger partial charge on any atom is 0.373 e. The lowest BCUT2D eigenvalue weighted by Crippen LogP contribution is -2.19. The van der Waals surface area contributed by atoms with Gasteiger partial charge in [0.15, 0.2) is 0 Å². The average molecular weight is 544 g/mol. The Kier molecular flexibility index (Phi) is 8.88. The normalized spacial score (nSPS) is 11.0. The summed E-state index contributed by atoms with van der Waals surface area (Å²) in [6, 6.07) is 22.9. The van der Waals surface area contributed by atoms with E-state index < -0.39 is 16.8 Å². The summed E-state index contributed by atoms with van der Waals surface area (Å²) in [7, 11) is 1.27. The molecule has 4 rings (SSSR count). The number of non-ortho nitro benzene ring substituents is 1. The molecule has 0 aliphatic carbocycles. The molecule has 0 aliphatic rings. The first kappa shape index (κ1) is 27.6. The summed E-state index contributed by atoms with van der Waals surface area (Å²) in [5.74, 6) is 0.512. The third-order valence-electron chi connectivity index (χ3n) is 5.66. The lowest BCUT2D eigenvalue weighted by molar-refractivity contribution is -0.384. The number of furan rings is 1. The zero-order valence-electron chi connectivity index (χ0n) is 21.7. The van der Waals surface area contributed by atoms with Crippen LogP contribution in [0.15, 0.2) is 94.4 Å². The Labute approximate surface area is 229 Å². The van der Waals surface area contributed by atoms with Gasteiger partial charge in [0.25, 0.3) is 11.6 Å². The topological polar surface area (TPSA) is 142 Å². The Bertz CT molecular complexity index is 1540. The average Bonchev–Trinajstić information content (AvgIpc) is 3.47. The van der Waals surface area contributed by atoms with E-state index >= 15 is 0 Å². The number of hydrogen-bond donors (Lipinski definition) is 1. The molecule has 0 radical (unpaired) electrons. The fourth-order valence-electron chi connectivity index (χ4n) is 3.60. The van der Waals surface area contributed by atoms with Gasteiger partial charge in [-0.2, -0.15) is 5.10 Å². The Morgan fingerprint density at radius 3 is 2.48 bits per heavy atom. The van der Waals surface area contributed by atoms with Gasteiger partial charge in [0, 0.05) is 23.3 Å². The van der Waals surface area contributed by atoms with Crippen molar-refractivity contribution in [3.8, 4) is 11.5 Å². The van der Waals surface area contributed by atoms with Crippen LogP contribution in [0.25, 0.3) is 0 Å². The van der Waals surface area contributed by atoms with Gasteiger partial charge in [-0.15, -0.1) is 0 Å². The number of hydrazone groups is 1. The van der Waals surface area contributed by atoms with Gasteiger partial charge in [0.05, 0.1) is 17.7 Å². The number of nitro groups is 1. The highest BCUT2D eigenvalue weighted by atomic mass is 16.6. The number of para-hydroxylation sites is 1. The second kappa shape index (κ2) is 12.9. The number of benzene rings is 3. The van der Waals surface area contributed by atoms with E-state index in [9.17, 15) is 19.7 Å². The number of nitrogens with zero attached hydrogens (tertiary/aromatic N) is 2. The first-order valence-corrected chi connectivity index (χ1v) is 12.0. The second-order valence-electron chi connectivity index (χ2n) is 8.42. The Morgan fingerprint density at radius 1 is 0.950 bits per heavy atom. The lowest BCUT2D eigenvalue weighted by Gasteiger charge is -2.11. The van der Waals surface area contributed by atoms with E-state index in [0.717, 1.165) is 5.56 Å². The van der Waals surface area contributed by atoms with E-state index in [1.807, 2.05) is 6.07 Å². The smallest absolute Gasteiger partial charge is 0.373 e. The lowest BCUT2D eigenvalue weighted by atomic mass is 10.1. The first-order chi connectivity index (χ1) is 19.3. The third-order valence-corrected chi connectivity index (χ3v) is 5.66.